The molecule has 0 aliphatic heterocycles. The Hall–Kier alpha value is -2.39. The molecule has 1 N–H and O–H groups in total. The molecule has 0 saturated carbocycles. The van der Waals surface area contributed by atoms with Crippen molar-refractivity contribution in [1.82, 2.24) is 4.57 Å². The second kappa shape index (κ2) is 7.02. The van der Waals surface area contributed by atoms with Gasteiger partial charge in [0.05, 0.1) is 5.69 Å². The average Bonchev–Trinajstić information content (AvgIpc) is 2.94. The Labute approximate surface area is 142 Å². The molecule has 3 rings (SSSR count). The number of aryl methyl sites for hydroxylation is 1. The summed E-state index contributed by atoms with van der Waals surface area (Å²) in [6.45, 7) is 2.10. The molecule has 2 aromatic carbocycles. The second-order valence-corrected chi connectivity index (χ2v) is 6.31. The first-order valence-corrected chi connectivity index (χ1v) is 8.38. The van der Waals surface area contributed by atoms with Crippen molar-refractivity contribution in [3.8, 4) is 0 Å². The summed E-state index contributed by atoms with van der Waals surface area (Å²) in [6, 6.07) is 18.2. The number of hydrogen-bond donors (Lipinski definition) is 1. The molecule has 0 amide bonds. The van der Waals surface area contributed by atoms with Crippen molar-refractivity contribution in [2.75, 3.05) is 6.61 Å². The zero-order valence-electron chi connectivity index (χ0n) is 14.2. The molecule has 1 heterocycles. The highest BCUT2D eigenvalue weighted by Gasteiger charge is 2.24. The normalized spacial score (nSPS) is 12.5. The van der Waals surface area contributed by atoms with Gasteiger partial charge in [-0.3, -0.25) is 4.79 Å². The number of benzene rings is 2. The minimum atomic E-state index is -0.227. The number of aliphatic hydroxyl groups is 1. The van der Waals surface area contributed by atoms with Crippen LogP contribution in [-0.2, 0) is 7.05 Å². The van der Waals surface area contributed by atoms with E-state index in [9.17, 15) is 9.90 Å². The van der Waals surface area contributed by atoms with Crippen molar-refractivity contribution in [3.63, 3.8) is 0 Å². The fourth-order valence-electron chi connectivity index (χ4n) is 3.21. The third-order valence-electron chi connectivity index (χ3n) is 4.77. The van der Waals surface area contributed by atoms with Crippen LogP contribution in [0.4, 0.5) is 0 Å². The number of Topliss-reactive ketones (excluding diaryl/α,β-unsaturated/α-hetero) is 1. The monoisotopic (exact) mass is 321 g/mol. The Morgan fingerprint density at radius 1 is 1.08 bits per heavy atom. The van der Waals surface area contributed by atoms with Crippen LogP contribution >= 0.6 is 0 Å². The largest absolute Gasteiger partial charge is 0.396 e. The molecule has 0 aliphatic carbocycles. The van der Waals surface area contributed by atoms with Crippen molar-refractivity contribution in [2.24, 2.45) is 7.05 Å². The van der Waals surface area contributed by atoms with Gasteiger partial charge in [0.25, 0.3) is 0 Å². The zero-order valence-corrected chi connectivity index (χ0v) is 14.2. The highest BCUT2D eigenvalue weighted by Crippen LogP contribution is 2.29. The summed E-state index contributed by atoms with van der Waals surface area (Å²) in [5, 5.41) is 11.5. The maximum Gasteiger partial charge on any atom is 0.186 e. The van der Waals surface area contributed by atoms with Gasteiger partial charge in [0.15, 0.2) is 5.78 Å². The van der Waals surface area contributed by atoms with Crippen LogP contribution in [0.5, 0.6) is 0 Å². The molecule has 24 heavy (non-hydrogen) atoms. The number of fused-ring (bicyclic) bond motifs is 1. The lowest BCUT2D eigenvalue weighted by molar-refractivity contribution is 0.0943. The average molecular weight is 321 g/mol. The Bertz CT molecular complexity index is 863. The van der Waals surface area contributed by atoms with Crippen LogP contribution in [0.2, 0.25) is 0 Å². The first kappa shape index (κ1) is 16.5. The van der Waals surface area contributed by atoms with E-state index in [1.54, 1.807) is 0 Å². The quantitative estimate of drug-likeness (QED) is 0.691. The molecular formula is C21H23NO2. The summed E-state index contributed by atoms with van der Waals surface area (Å²) in [5.41, 5.74) is 2.81. The maximum atomic E-state index is 13.1. The molecule has 3 heteroatoms. The van der Waals surface area contributed by atoms with Crippen LogP contribution in [0, 0.1) is 6.92 Å². The number of aliphatic hydroxyl groups excluding tert-OH is 1. The van der Waals surface area contributed by atoms with Gasteiger partial charge in [-0.2, -0.15) is 0 Å². The highest BCUT2D eigenvalue weighted by atomic mass is 16.3. The highest BCUT2D eigenvalue weighted by molar-refractivity contribution is 6.00. The molecule has 1 aromatic heterocycles. The lowest BCUT2D eigenvalue weighted by atomic mass is 9.87. The van der Waals surface area contributed by atoms with Gasteiger partial charge in [-0.05, 0) is 48.2 Å². The molecule has 0 fully saturated rings. The molecule has 1 atom stereocenters. The number of carbonyl (C=O) groups is 1. The van der Waals surface area contributed by atoms with Crippen LogP contribution in [0.1, 0.15) is 40.5 Å². The van der Waals surface area contributed by atoms with Gasteiger partial charge < -0.3 is 9.67 Å². The van der Waals surface area contributed by atoms with Gasteiger partial charge in [-0.1, -0.05) is 42.5 Å². The van der Waals surface area contributed by atoms with E-state index in [0.29, 0.717) is 12.8 Å². The fraction of sp³-hybridized carbons (Fsp3) is 0.286. The topological polar surface area (TPSA) is 42.2 Å². The first-order chi connectivity index (χ1) is 11.6. The molecule has 0 radical (unpaired) electrons. The molecule has 124 valence electrons. The van der Waals surface area contributed by atoms with E-state index < -0.39 is 0 Å². The van der Waals surface area contributed by atoms with E-state index in [1.807, 2.05) is 48.9 Å². The number of carbonyl (C=O) groups excluding carboxylic acids is 1. The number of hydrogen-bond acceptors (Lipinski definition) is 2. The van der Waals surface area contributed by atoms with E-state index >= 15 is 0 Å². The van der Waals surface area contributed by atoms with E-state index in [-0.39, 0.29) is 18.3 Å². The van der Waals surface area contributed by atoms with E-state index in [1.165, 1.54) is 5.39 Å². The van der Waals surface area contributed by atoms with Gasteiger partial charge in [0.2, 0.25) is 0 Å². The third kappa shape index (κ3) is 3.13. The first-order valence-electron chi connectivity index (χ1n) is 8.38. The van der Waals surface area contributed by atoms with Crippen molar-refractivity contribution in [2.45, 2.75) is 25.7 Å². The van der Waals surface area contributed by atoms with Gasteiger partial charge in [-0.25, -0.2) is 0 Å². The Morgan fingerprint density at radius 2 is 1.83 bits per heavy atom. The van der Waals surface area contributed by atoms with Crippen LogP contribution in [0.3, 0.4) is 0 Å². The summed E-state index contributed by atoms with van der Waals surface area (Å²) >= 11 is 0. The predicted octanol–water partition coefficient (Wildman–Crippen LogP) is 4.23. The molecule has 3 nitrogen and oxygen atoms in total. The molecule has 0 saturated heterocycles. The van der Waals surface area contributed by atoms with E-state index in [4.69, 9.17) is 0 Å². The predicted molar refractivity (Wildman–Crippen MR) is 97.5 cm³/mol. The van der Waals surface area contributed by atoms with Gasteiger partial charge in [0.1, 0.15) is 0 Å². The van der Waals surface area contributed by atoms with Crippen LogP contribution in [-0.4, -0.2) is 22.1 Å². The molecular weight excluding hydrogens is 298 g/mol. The maximum absolute atomic E-state index is 13.1. The summed E-state index contributed by atoms with van der Waals surface area (Å²) in [7, 11) is 1.92. The standard InChI is InChI=1S/C21H23NO2/c1-15-9-12-20(22(15)2)21(24)19(8-5-13-23)18-11-10-16-6-3-4-7-17(16)14-18/h3-4,6-7,9-12,14,19,23H,5,8,13H2,1-2H3. The number of aromatic nitrogens is 1. The molecule has 3 aromatic rings. The molecule has 0 spiro atoms. The molecule has 0 aliphatic rings. The Balaban J connectivity index is 2.01. The molecule has 0 bridgehead atoms. The van der Waals surface area contributed by atoms with Gasteiger partial charge in [-0.15, -0.1) is 0 Å². The lowest BCUT2D eigenvalue weighted by Crippen LogP contribution is -2.17. The van der Waals surface area contributed by atoms with Crippen molar-refractivity contribution < 1.29 is 9.90 Å². The summed E-state index contributed by atoms with van der Waals surface area (Å²) in [4.78, 5) is 13.1. The minimum Gasteiger partial charge on any atom is -0.396 e. The number of nitrogens with zero attached hydrogens (tertiary/aromatic N) is 1. The number of rotatable bonds is 6. The smallest absolute Gasteiger partial charge is 0.186 e. The summed E-state index contributed by atoms with van der Waals surface area (Å²) in [6.07, 6.45) is 1.27. The van der Waals surface area contributed by atoms with Gasteiger partial charge >= 0.3 is 0 Å². The van der Waals surface area contributed by atoms with Crippen LogP contribution < -0.4 is 0 Å². The summed E-state index contributed by atoms with van der Waals surface area (Å²) < 4.78 is 1.94. The van der Waals surface area contributed by atoms with Crippen LogP contribution in [0.25, 0.3) is 10.8 Å². The fourth-order valence-corrected chi connectivity index (χ4v) is 3.21. The summed E-state index contributed by atoms with van der Waals surface area (Å²) in [5.74, 6) is -0.107. The van der Waals surface area contributed by atoms with Crippen LogP contribution in [0.15, 0.2) is 54.6 Å². The van der Waals surface area contributed by atoms with E-state index in [2.05, 4.69) is 24.3 Å². The number of ketones is 1. The third-order valence-corrected chi connectivity index (χ3v) is 4.77. The Morgan fingerprint density at radius 3 is 2.50 bits per heavy atom. The molecule has 1 unspecified atom stereocenters. The minimum absolute atomic E-state index is 0.101. The van der Waals surface area contributed by atoms with Crippen molar-refractivity contribution >= 4 is 16.6 Å². The SMILES string of the molecule is Cc1ccc(C(=O)C(CCCO)c2ccc3ccccc3c2)n1C. The Kier molecular flexibility index (Phi) is 4.81. The van der Waals surface area contributed by atoms with Gasteiger partial charge in [0, 0.05) is 25.3 Å². The van der Waals surface area contributed by atoms with Crippen molar-refractivity contribution in [1.29, 1.82) is 0 Å². The zero-order chi connectivity index (χ0) is 17.1. The second-order valence-electron chi connectivity index (χ2n) is 6.31. The van der Waals surface area contributed by atoms with E-state index in [0.717, 1.165) is 22.3 Å². The lowest BCUT2D eigenvalue weighted by Gasteiger charge is -2.17. The van der Waals surface area contributed by atoms with Crippen molar-refractivity contribution in [3.05, 3.63) is 71.5 Å².